The highest BCUT2D eigenvalue weighted by Gasteiger charge is 2.11. The minimum atomic E-state index is -1.61. The van der Waals surface area contributed by atoms with Gasteiger partial charge in [-0.25, -0.2) is 0 Å². The molecule has 0 aromatic heterocycles. The maximum absolute atomic E-state index is 4.83. The van der Waals surface area contributed by atoms with Crippen molar-refractivity contribution in [1.29, 1.82) is 0 Å². The summed E-state index contributed by atoms with van der Waals surface area (Å²) in [5.41, 5.74) is 1.69. The Kier molecular flexibility index (Phi) is 6.36. The second-order valence-corrected chi connectivity index (χ2v) is 7.47. The van der Waals surface area contributed by atoms with Crippen molar-refractivity contribution in [1.82, 2.24) is 0 Å². The predicted molar refractivity (Wildman–Crippen MR) is 71.3 cm³/mol. The normalized spacial score (nSPS) is 11.7. The third kappa shape index (κ3) is 10.7. The van der Waals surface area contributed by atoms with Crippen LogP contribution in [-0.4, -0.2) is 3.25 Å². The van der Waals surface area contributed by atoms with E-state index in [1.807, 2.05) is 0 Å². The molecule has 0 bridgehead atoms. The van der Waals surface area contributed by atoms with E-state index < -0.39 is 3.25 Å². The predicted octanol–water partition coefficient (Wildman–Crippen LogP) is 5.54. The Hall–Kier alpha value is 0.380. The first-order valence-electron chi connectivity index (χ1n) is 4.42. The Morgan fingerprint density at radius 2 is 1.13 bits per heavy atom. The lowest BCUT2D eigenvalue weighted by molar-refractivity contribution is 0.590. The molecule has 0 radical (unpaired) electrons. The van der Waals surface area contributed by atoms with Crippen molar-refractivity contribution in [3.05, 3.63) is 35.9 Å². The number of hydrogen-bond acceptors (Lipinski definition) is 0. The van der Waals surface area contributed by atoms with Crippen LogP contribution in [0.25, 0.3) is 0 Å². The van der Waals surface area contributed by atoms with E-state index in [4.69, 9.17) is 46.4 Å². The summed E-state index contributed by atoms with van der Waals surface area (Å²) < 4.78 is -1.61. The van der Waals surface area contributed by atoms with Crippen LogP contribution in [0.3, 0.4) is 0 Å². The van der Waals surface area contributed by atoms with Gasteiger partial charge in [-0.3, -0.25) is 0 Å². The molecule has 0 nitrogen and oxygen atoms in total. The van der Waals surface area contributed by atoms with Crippen LogP contribution in [0.15, 0.2) is 30.3 Å². The van der Waals surface area contributed by atoms with Crippen LogP contribution < -0.4 is 0 Å². The Bertz CT molecular complexity index is 263. The van der Waals surface area contributed by atoms with Crippen molar-refractivity contribution in [3.8, 4) is 0 Å². The third-order valence-electron chi connectivity index (χ3n) is 1.64. The minimum Gasteiger partial charge on any atom is -0.0664 e. The maximum Gasteiger partial charge on any atom is 0.266 e. The molecule has 0 aliphatic heterocycles. The Labute approximate surface area is 111 Å². The molecule has 15 heavy (non-hydrogen) atoms. The number of rotatable bonds is 0. The molecule has 1 aromatic carbocycles. The molecule has 0 aliphatic carbocycles. The van der Waals surface area contributed by atoms with Gasteiger partial charge < -0.3 is 0 Å². The van der Waals surface area contributed by atoms with Crippen LogP contribution >= 0.6 is 46.4 Å². The molecule has 0 amide bonds. The van der Waals surface area contributed by atoms with E-state index in [9.17, 15) is 0 Å². The fraction of sp³-hybridized carbons (Fsp3) is 0.455. The SMILES string of the molecule is CC(C)(C)c1ccccc1.ClC(Cl)(Cl)Cl. The van der Waals surface area contributed by atoms with Gasteiger partial charge in [0, 0.05) is 0 Å². The molecule has 0 N–H and O–H groups in total. The van der Waals surface area contributed by atoms with E-state index >= 15 is 0 Å². The van der Waals surface area contributed by atoms with E-state index in [-0.39, 0.29) is 0 Å². The molecule has 1 aromatic rings. The molecule has 0 heterocycles. The molecule has 0 atom stereocenters. The van der Waals surface area contributed by atoms with Crippen LogP contribution in [0.4, 0.5) is 0 Å². The van der Waals surface area contributed by atoms with Crippen LogP contribution in [0.2, 0.25) is 0 Å². The average Bonchev–Trinajstić information content (AvgIpc) is 2.01. The summed E-state index contributed by atoms with van der Waals surface area (Å²) in [7, 11) is 0. The molecule has 1 rings (SSSR count). The molecule has 0 saturated carbocycles. The highest BCUT2D eigenvalue weighted by Crippen LogP contribution is 2.29. The van der Waals surface area contributed by atoms with Gasteiger partial charge in [0.2, 0.25) is 0 Å². The summed E-state index contributed by atoms with van der Waals surface area (Å²) in [6.45, 7) is 6.67. The van der Waals surface area contributed by atoms with Gasteiger partial charge in [0.25, 0.3) is 3.25 Å². The average molecular weight is 288 g/mol. The molecule has 0 spiro atoms. The van der Waals surface area contributed by atoms with Gasteiger partial charge in [-0.05, 0) is 11.0 Å². The Balaban J connectivity index is 0.000000336. The summed E-state index contributed by atoms with van der Waals surface area (Å²) in [6, 6.07) is 10.6. The van der Waals surface area contributed by atoms with Gasteiger partial charge in [0.1, 0.15) is 0 Å². The smallest absolute Gasteiger partial charge is 0.0664 e. The fourth-order valence-electron chi connectivity index (χ4n) is 0.938. The molecular weight excluding hydrogens is 274 g/mol. The quantitative estimate of drug-likeness (QED) is 0.550. The maximum atomic E-state index is 4.83. The van der Waals surface area contributed by atoms with Crippen molar-refractivity contribution < 1.29 is 0 Å². The molecule has 0 saturated heterocycles. The minimum absolute atomic E-state index is 0.293. The van der Waals surface area contributed by atoms with E-state index in [1.54, 1.807) is 0 Å². The van der Waals surface area contributed by atoms with E-state index in [2.05, 4.69) is 51.1 Å². The summed E-state index contributed by atoms with van der Waals surface area (Å²) in [5.74, 6) is 0. The van der Waals surface area contributed by atoms with Crippen LogP contribution in [0.5, 0.6) is 0 Å². The lowest BCUT2D eigenvalue weighted by atomic mass is 9.87. The first-order chi connectivity index (χ1) is 6.61. The van der Waals surface area contributed by atoms with Crippen molar-refractivity contribution in [2.45, 2.75) is 29.4 Å². The largest absolute Gasteiger partial charge is 0.266 e. The zero-order valence-electron chi connectivity index (χ0n) is 8.90. The van der Waals surface area contributed by atoms with E-state index in [0.717, 1.165) is 0 Å². The fourth-order valence-corrected chi connectivity index (χ4v) is 0.938. The van der Waals surface area contributed by atoms with Crippen LogP contribution in [0, 0.1) is 0 Å². The van der Waals surface area contributed by atoms with Gasteiger partial charge in [0.15, 0.2) is 0 Å². The summed E-state index contributed by atoms with van der Waals surface area (Å²) in [4.78, 5) is 0. The second-order valence-electron chi connectivity index (χ2n) is 4.04. The molecule has 4 heteroatoms. The molecule has 0 unspecified atom stereocenters. The van der Waals surface area contributed by atoms with Gasteiger partial charge in [-0.2, -0.15) is 0 Å². The monoisotopic (exact) mass is 286 g/mol. The van der Waals surface area contributed by atoms with Gasteiger partial charge in [-0.15, -0.1) is 0 Å². The van der Waals surface area contributed by atoms with Gasteiger partial charge in [0.05, 0.1) is 0 Å². The summed E-state index contributed by atoms with van der Waals surface area (Å²) in [5, 5.41) is 0. The summed E-state index contributed by atoms with van der Waals surface area (Å²) >= 11 is 19.3. The van der Waals surface area contributed by atoms with Gasteiger partial charge in [-0.1, -0.05) is 97.5 Å². The zero-order chi connectivity index (χ0) is 12.1. The molecule has 0 aliphatic rings. The van der Waals surface area contributed by atoms with Crippen molar-refractivity contribution in [2.75, 3.05) is 0 Å². The highest BCUT2D eigenvalue weighted by molar-refractivity contribution is 6.83. The molecule has 86 valence electrons. The topological polar surface area (TPSA) is 0 Å². The third-order valence-corrected chi connectivity index (χ3v) is 1.64. The van der Waals surface area contributed by atoms with E-state index in [0.29, 0.717) is 5.41 Å². The van der Waals surface area contributed by atoms with E-state index in [1.165, 1.54) is 5.56 Å². The Morgan fingerprint density at radius 1 is 0.800 bits per heavy atom. The standard InChI is InChI=1S/C10H14.CCl4/c1-10(2,3)9-7-5-4-6-8-9;2-1(3,4)5/h4-8H,1-3H3;. The number of halogens is 4. The first-order valence-corrected chi connectivity index (χ1v) is 5.93. The van der Waals surface area contributed by atoms with Crippen LogP contribution in [0.1, 0.15) is 26.3 Å². The molecule has 0 fully saturated rings. The lowest BCUT2D eigenvalue weighted by Crippen LogP contribution is -2.10. The zero-order valence-corrected chi connectivity index (χ0v) is 11.9. The number of hydrogen-bond donors (Lipinski definition) is 0. The van der Waals surface area contributed by atoms with Crippen molar-refractivity contribution in [3.63, 3.8) is 0 Å². The molecular formula is C11H14Cl4. The van der Waals surface area contributed by atoms with Crippen LogP contribution in [-0.2, 0) is 5.41 Å². The number of alkyl halides is 4. The first kappa shape index (κ1) is 15.4. The van der Waals surface area contributed by atoms with Crippen molar-refractivity contribution in [2.24, 2.45) is 0 Å². The Morgan fingerprint density at radius 3 is 1.33 bits per heavy atom. The van der Waals surface area contributed by atoms with Crippen molar-refractivity contribution >= 4 is 46.4 Å². The number of benzene rings is 1. The second kappa shape index (κ2) is 6.20. The highest BCUT2D eigenvalue weighted by atomic mass is 35.6. The van der Waals surface area contributed by atoms with Gasteiger partial charge >= 0.3 is 0 Å². The lowest BCUT2D eigenvalue weighted by Gasteiger charge is -2.18. The summed E-state index contributed by atoms with van der Waals surface area (Å²) in [6.07, 6.45) is 0.